The maximum atomic E-state index is 6.05. The summed E-state index contributed by atoms with van der Waals surface area (Å²) < 4.78 is 6.28. The number of nitrogens with one attached hydrogen (secondary N) is 1. The molecule has 3 nitrogen and oxygen atoms in total. The molecule has 0 aliphatic rings. The molecule has 0 fully saturated rings. The van der Waals surface area contributed by atoms with Crippen LogP contribution >= 0.6 is 34.5 Å². The summed E-state index contributed by atoms with van der Waals surface area (Å²) >= 11 is 13.5. The minimum atomic E-state index is -0.111. The highest BCUT2D eigenvalue weighted by molar-refractivity contribution is 7.16. The Bertz CT molecular complexity index is 740. The molecule has 0 bridgehead atoms. The molecule has 0 saturated carbocycles. The smallest absolute Gasteiger partial charge is 0.132 e. The molecule has 21 heavy (non-hydrogen) atoms. The Hall–Kier alpha value is -1.49. The van der Waals surface area contributed by atoms with Crippen LogP contribution in [0.15, 0.2) is 47.2 Å². The fraction of sp³-hybridized carbons (Fsp3) is 0.133. The third-order valence-corrected chi connectivity index (χ3v) is 4.72. The van der Waals surface area contributed by atoms with Crippen LogP contribution in [0.2, 0.25) is 9.49 Å². The minimum Gasteiger partial charge on any atom is -0.467 e. The third kappa shape index (κ3) is 3.23. The van der Waals surface area contributed by atoms with Gasteiger partial charge in [-0.2, -0.15) is 0 Å². The van der Waals surface area contributed by atoms with Gasteiger partial charge in [0.25, 0.3) is 0 Å². The van der Waals surface area contributed by atoms with Crippen LogP contribution in [0.25, 0.3) is 0 Å². The lowest BCUT2D eigenvalue weighted by molar-refractivity contribution is 0.500. The number of pyridine rings is 1. The number of furan rings is 1. The van der Waals surface area contributed by atoms with Gasteiger partial charge in [0, 0.05) is 4.88 Å². The summed E-state index contributed by atoms with van der Waals surface area (Å²) in [6, 6.07) is 9.51. The van der Waals surface area contributed by atoms with Crippen LogP contribution in [0.1, 0.15) is 22.2 Å². The topological polar surface area (TPSA) is 38.1 Å². The first-order valence-corrected chi connectivity index (χ1v) is 7.88. The van der Waals surface area contributed by atoms with Gasteiger partial charge < -0.3 is 9.73 Å². The summed E-state index contributed by atoms with van der Waals surface area (Å²) in [4.78, 5) is 5.23. The second-order valence-corrected chi connectivity index (χ2v) is 6.67. The first kappa shape index (κ1) is 14.4. The summed E-state index contributed by atoms with van der Waals surface area (Å²) in [6.07, 6.45) is 3.37. The first-order chi connectivity index (χ1) is 10.1. The Balaban J connectivity index is 1.94. The van der Waals surface area contributed by atoms with Gasteiger partial charge in [-0.1, -0.05) is 23.2 Å². The summed E-state index contributed by atoms with van der Waals surface area (Å²) in [5.74, 6) is 0.820. The minimum absolute atomic E-state index is 0.111. The molecule has 108 valence electrons. The van der Waals surface area contributed by atoms with Gasteiger partial charge >= 0.3 is 0 Å². The van der Waals surface area contributed by atoms with Crippen LogP contribution in [0.4, 0.5) is 5.69 Å². The van der Waals surface area contributed by atoms with E-state index in [1.165, 1.54) is 11.3 Å². The highest BCUT2D eigenvalue weighted by Crippen LogP contribution is 2.34. The molecule has 6 heteroatoms. The number of aromatic nitrogens is 1. The summed E-state index contributed by atoms with van der Waals surface area (Å²) in [6.45, 7) is 1.92. The van der Waals surface area contributed by atoms with Crippen molar-refractivity contribution in [3.8, 4) is 0 Å². The summed E-state index contributed by atoms with van der Waals surface area (Å²) in [5, 5.41) is 3.92. The Morgan fingerprint density at radius 3 is 2.76 bits per heavy atom. The van der Waals surface area contributed by atoms with Gasteiger partial charge in [0.05, 0.1) is 22.5 Å². The summed E-state index contributed by atoms with van der Waals surface area (Å²) in [5.41, 5.74) is 1.80. The van der Waals surface area contributed by atoms with E-state index in [0.29, 0.717) is 5.15 Å². The number of hydrogen-bond acceptors (Lipinski definition) is 4. The molecule has 1 N–H and O–H groups in total. The van der Waals surface area contributed by atoms with Crippen molar-refractivity contribution in [2.24, 2.45) is 0 Å². The molecule has 0 radical (unpaired) electrons. The fourth-order valence-electron chi connectivity index (χ4n) is 2.03. The lowest BCUT2D eigenvalue weighted by Gasteiger charge is -2.17. The molecule has 0 aliphatic carbocycles. The molecule has 3 rings (SSSR count). The molecule has 1 atom stereocenters. The van der Waals surface area contributed by atoms with Crippen molar-refractivity contribution >= 4 is 40.2 Å². The monoisotopic (exact) mass is 338 g/mol. The van der Waals surface area contributed by atoms with Crippen LogP contribution in [0, 0.1) is 6.92 Å². The SMILES string of the molecule is Cc1cc(NC(c2ccco2)c2ccc(Cl)s2)cnc1Cl. The van der Waals surface area contributed by atoms with E-state index >= 15 is 0 Å². The zero-order valence-electron chi connectivity index (χ0n) is 11.1. The van der Waals surface area contributed by atoms with Crippen LogP contribution in [-0.2, 0) is 0 Å². The molecule has 0 aliphatic heterocycles. The molecule has 0 spiro atoms. The zero-order valence-corrected chi connectivity index (χ0v) is 13.5. The Kier molecular flexibility index (Phi) is 4.19. The number of anilines is 1. The van der Waals surface area contributed by atoms with E-state index in [1.807, 2.05) is 37.3 Å². The van der Waals surface area contributed by atoms with Crippen molar-refractivity contribution in [1.29, 1.82) is 0 Å². The van der Waals surface area contributed by atoms with Crippen LogP contribution in [0.5, 0.6) is 0 Å². The predicted octanol–water partition coefficient (Wildman–Crippen LogP) is 5.55. The standard InChI is InChI=1S/C15H12Cl2N2OS/c1-9-7-10(8-18-15(9)17)19-14(11-3-2-6-20-11)12-4-5-13(16)21-12/h2-8,14,19H,1H3. The van der Waals surface area contributed by atoms with Crippen LogP contribution in [-0.4, -0.2) is 4.98 Å². The zero-order chi connectivity index (χ0) is 14.8. The Morgan fingerprint density at radius 1 is 1.29 bits per heavy atom. The Labute approximate surface area is 136 Å². The van der Waals surface area contributed by atoms with Gasteiger partial charge in [0.2, 0.25) is 0 Å². The second kappa shape index (κ2) is 6.10. The first-order valence-electron chi connectivity index (χ1n) is 6.31. The highest BCUT2D eigenvalue weighted by atomic mass is 35.5. The van der Waals surface area contributed by atoms with Gasteiger partial charge in [-0.25, -0.2) is 4.98 Å². The molecule has 0 saturated heterocycles. The Morgan fingerprint density at radius 2 is 2.14 bits per heavy atom. The molecule has 3 aromatic heterocycles. The van der Waals surface area contributed by atoms with E-state index in [-0.39, 0.29) is 6.04 Å². The van der Waals surface area contributed by atoms with E-state index in [4.69, 9.17) is 27.6 Å². The maximum absolute atomic E-state index is 6.05. The molecule has 0 aromatic carbocycles. The van der Waals surface area contributed by atoms with Gasteiger partial charge in [-0.15, -0.1) is 11.3 Å². The molecular weight excluding hydrogens is 327 g/mol. The number of aryl methyl sites for hydroxylation is 1. The number of thiophene rings is 1. The number of halogens is 2. The largest absolute Gasteiger partial charge is 0.467 e. The average Bonchev–Trinajstić information content (AvgIpc) is 3.11. The predicted molar refractivity (Wildman–Crippen MR) is 87.5 cm³/mol. The van der Waals surface area contributed by atoms with Crippen molar-refractivity contribution < 1.29 is 4.42 Å². The van der Waals surface area contributed by atoms with Gasteiger partial charge in [0.1, 0.15) is 17.0 Å². The van der Waals surface area contributed by atoms with E-state index in [1.54, 1.807) is 12.5 Å². The number of nitrogens with zero attached hydrogens (tertiary/aromatic N) is 1. The molecular formula is C15H12Cl2N2OS. The van der Waals surface area contributed by atoms with Crippen molar-refractivity contribution in [3.63, 3.8) is 0 Å². The second-order valence-electron chi connectivity index (χ2n) is 4.57. The van der Waals surface area contributed by atoms with Crippen LogP contribution in [0.3, 0.4) is 0 Å². The number of rotatable bonds is 4. The van der Waals surface area contributed by atoms with E-state index < -0.39 is 0 Å². The summed E-state index contributed by atoms with van der Waals surface area (Å²) in [7, 11) is 0. The lowest BCUT2D eigenvalue weighted by Crippen LogP contribution is -2.10. The molecule has 3 aromatic rings. The number of hydrogen-bond donors (Lipinski definition) is 1. The van der Waals surface area contributed by atoms with Crippen LogP contribution < -0.4 is 5.32 Å². The van der Waals surface area contributed by atoms with Gasteiger partial charge in [-0.3, -0.25) is 0 Å². The van der Waals surface area contributed by atoms with Gasteiger partial charge in [0.15, 0.2) is 0 Å². The maximum Gasteiger partial charge on any atom is 0.132 e. The van der Waals surface area contributed by atoms with Crippen molar-refractivity contribution in [2.75, 3.05) is 5.32 Å². The van der Waals surface area contributed by atoms with Crippen molar-refractivity contribution in [3.05, 3.63) is 68.5 Å². The van der Waals surface area contributed by atoms with E-state index in [0.717, 1.165) is 26.2 Å². The highest BCUT2D eigenvalue weighted by Gasteiger charge is 2.19. The lowest BCUT2D eigenvalue weighted by atomic mass is 10.1. The molecule has 1 unspecified atom stereocenters. The molecule has 3 heterocycles. The van der Waals surface area contributed by atoms with Crippen molar-refractivity contribution in [2.45, 2.75) is 13.0 Å². The quantitative estimate of drug-likeness (QED) is 0.633. The van der Waals surface area contributed by atoms with E-state index in [9.17, 15) is 0 Å². The molecule has 0 amide bonds. The average molecular weight is 339 g/mol. The van der Waals surface area contributed by atoms with E-state index in [2.05, 4.69) is 10.3 Å². The third-order valence-electron chi connectivity index (χ3n) is 3.03. The van der Waals surface area contributed by atoms with Gasteiger partial charge in [-0.05, 0) is 42.8 Å². The van der Waals surface area contributed by atoms with Crippen molar-refractivity contribution in [1.82, 2.24) is 4.98 Å². The normalized spacial score (nSPS) is 12.3. The fourth-order valence-corrected chi connectivity index (χ4v) is 3.25.